The second-order valence-electron chi connectivity index (χ2n) is 7.69. The Kier molecular flexibility index (Phi) is 7.34. The Bertz CT molecular complexity index is 904. The fraction of sp³-hybridized carbons (Fsp3) is 0.391. The number of anilines is 1. The standard InChI is InChI=1S/C23H28ClN3O3/c1-16-7-8-19(24)20(13-16)30-15-22(29)27-11-9-26(10-12-27)14-21(28)25-23-17(2)5-4-6-18(23)3/h4-8,13H,9-12,14-15H2,1-3H3,(H,25,28). The Hall–Kier alpha value is -2.57. The van der Waals surface area contributed by atoms with Crippen LogP contribution in [-0.4, -0.2) is 60.9 Å². The maximum absolute atomic E-state index is 12.5. The molecule has 1 N–H and O–H groups in total. The summed E-state index contributed by atoms with van der Waals surface area (Å²) in [5, 5.41) is 3.51. The first-order chi connectivity index (χ1) is 14.3. The van der Waals surface area contributed by atoms with Crippen molar-refractivity contribution >= 4 is 29.1 Å². The maximum atomic E-state index is 12.5. The molecular formula is C23H28ClN3O3. The Morgan fingerprint density at radius 2 is 1.70 bits per heavy atom. The minimum Gasteiger partial charge on any atom is -0.482 e. The van der Waals surface area contributed by atoms with E-state index in [0.29, 0.717) is 43.5 Å². The zero-order valence-corrected chi connectivity index (χ0v) is 18.5. The van der Waals surface area contributed by atoms with Gasteiger partial charge in [0.2, 0.25) is 5.91 Å². The SMILES string of the molecule is Cc1ccc(Cl)c(OCC(=O)N2CCN(CC(=O)Nc3c(C)cccc3C)CC2)c1. The van der Waals surface area contributed by atoms with Crippen molar-refractivity contribution in [2.45, 2.75) is 20.8 Å². The van der Waals surface area contributed by atoms with Crippen LogP contribution in [-0.2, 0) is 9.59 Å². The minimum absolute atomic E-state index is 0.0374. The summed E-state index contributed by atoms with van der Waals surface area (Å²) >= 11 is 6.12. The van der Waals surface area contributed by atoms with E-state index in [1.165, 1.54) is 0 Å². The smallest absolute Gasteiger partial charge is 0.260 e. The molecule has 1 aliphatic heterocycles. The molecule has 1 fully saturated rings. The predicted molar refractivity (Wildman–Crippen MR) is 119 cm³/mol. The summed E-state index contributed by atoms with van der Waals surface area (Å²) in [6, 6.07) is 11.4. The number of aryl methyl sites for hydroxylation is 3. The average molecular weight is 430 g/mol. The van der Waals surface area contributed by atoms with Gasteiger partial charge in [0.1, 0.15) is 5.75 Å². The van der Waals surface area contributed by atoms with Crippen LogP contribution >= 0.6 is 11.6 Å². The zero-order chi connectivity index (χ0) is 21.7. The van der Waals surface area contributed by atoms with Gasteiger partial charge in [0.25, 0.3) is 5.91 Å². The number of benzene rings is 2. The van der Waals surface area contributed by atoms with Crippen molar-refractivity contribution in [3.8, 4) is 5.75 Å². The van der Waals surface area contributed by atoms with Gasteiger partial charge in [0, 0.05) is 31.9 Å². The van der Waals surface area contributed by atoms with Crippen molar-refractivity contribution in [1.82, 2.24) is 9.80 Å². The molecule has 2 aromatic rings. The average Bonchev–Trinajstić information content (AvgIpc) is 2.72. The van der Waals surface area contributed by atoms with E-state index < -0.39 is 0 Å². The Morgan fingerprint density at radius 3 is 2.37 bits per heavy atom. The van der Waals surface area contributed by atoms with Gasteiger partial charge in [-0.2, -0.15) is 0 Å². The van der Waals surface area contributed by atoms with Gasteiger partial charge in [0.05, 0.1) is 11.6 Å². The van der Waals surface area contributed by atoms with Crippen molar-refractivity contribution in [1.29, 1.82) is 0 Å². The summed E-state index contributed by atoms with van der Waals surface area (Å²) in [6.07, 6.45) is 0. The molecule has 3 rings (SSSR count). The molecular weight excluding hydrogens is 402 g/mol. The number of amides is 2. The lowest BCUT2D eigenvalue weighted by Crippen LogP contribution is -2.51. The second-order valence-corrected chi connectivity index (χ2v) is 8.10. The van der Waals surface area contributed by atoms with E-state index in [1.54, 1.807) is 11.0 Å². The van der Waals surface area contributed by atoms with E-state index in [9.17, 15) is 9.59 Å². The monoisotopic (exact) mass is 429 g/mol. The van der Waals surface area contributed by atoms with Crippen LogP contribution in [0.5, 0.6) is 5.75 Å². The van der Waals surface area contributed by atoms with Crippen LogP contribution in [0.25, 0.3) is 0 Å². The van der Waals surface area contributed by atoms with Crippen LogP contribution in [0, 0.1) is 20.8 Å². The van der Waals surface area contributed by atoms with Gasteiger partial charge in [-0.1, -0.05) is 35.9 Å². The number of ether oxygens (including phenoxy) is 1. The van der Waals surface area contributed by atoms with Gasteiger partial charge in [-0.05, 0) is 49.6 Å². The van der Waals surface area contributed by atoms with E-state index >= 15 is 0 Å². The first-order valence-electron chi connectivity index (χ1n) is 10.1. The Balaban J connectivity index is 1.44. The number of nitrogens with one attached hydrogen (secondary N) is 1. The summed E-state index contributed by atoms with van der Waals surface area (Å²) in [4.78, 5) is 28.8. The predicted octanol–water partition coefficient (Wildman–Crippen LogP) is 3.43. The minimum atomic E-state index is -0.0767. The van der Waals surface area contributed by atoms with Crippen molar-refractivity contribution in [3.05, 3.63) is 58.1 Å². The van der Waals surface area contributed by atoms with E-state index in [0.717, 1.165) is 22.4 Å². The summed E-state index contributed by atoms with van der Waals surface area (Å²) in [5.74, 6) is 0.406. The molecule has 160 valence electrons. The number of hydrogen-bond acceptors (Lipinski definition) is 4. The first kappa shape index (κ1) is 22.1. The lowest BCUT2D eigenvalue weighted by molar-refractivity contribution is -0.135. The van der Waals surface area contributed by atoms with Crippen LogP contribution in [0.4, 0.5) is 5.69 Å². The molecule has 1 aliphatic rings. The highest BCUT2D eigenvalue weighted by Gasteiger charge is 2.23. The van der Waals surface area contributed by atoms with Crippen LogP contribution in [0.3, 0.4) is 0 Å². The molecule has 2 amide bonds. The summed E-state index contributed by atoms with van der Waals surface area (Å²) in [5.41, 5.74) is 4.00. The third-order valence-corrected chi connectivity index (χ3v) is 5.59. The molecule has 0 bridgehead atoms. The van der Waals surface area contributed by atoms with Crippen molar-refractivity contribution in [3.63, 3.8) is 0 Å². The number of carbonyl (C=O) groups excluding carboxylic acids is 2. The number of para-hydroxylation sites is 1. The molecule has 0 aliphatic carbocycles. The van der Waals surface area contributed by atoms with E-state index in [2.05, 4.69) is 10.2 Å². The highest BCUT2D eigenvalue weighted by atomic mass is 35.5. The maximum Gasteiger partial charge on any atom is 0.260 e. The molecule has 0 aromatic heterocycles. The number of halogens is 1. The van der Waals surface area contributed by atoms with Crippen LogP contribution in [0.1, 0.15) is 16.7 Å². The molecule has 0 spiro atoms. The summed E-state index contributed by atoms with van der Waals surface area (Å²) < 4.78 is 5.61. The molecule has 7 heteroatoms. The lowest BCUT2D eigenvalue weighted by Gasteiger charge is -2.34. The van der Waals surface area contributed by atoms with E-state index in [1.807, 2.05) is 51.1 Å². The molecule has 1 heterocycles. The quantitative estimate of drug-likeness (QED) is 0.764. The van der Waals surface area contributed by atoms with Crippen molar-refractivity contribution < 1.29 is 14.3 Å². The highest BCUT2D eigenvalue weighted by Crippen LogP contribution is 2.25. The summed E-state index contributed by atoms with van der Waals surface area (Å²) in [7, 11) is 0. The van der Waals surface area contributed by atoms with Crippen LogP contribution in [0.15, 0.2) is 36.4 Å². The zero-order valence-electron chi connectivity index (χ0n) is 17.7. The molecule has 2 aromatic carbocycles. The molecule has 0 atom stereocenters. The van der Waals surface area contributed by atoms with Gasteiger partial charge in [0.15, 0.2) is 6.61 Å². The molecule has 30 heavy (non-hydrogen) atoms. The highest BCUT2D eigenvalue weighted by molar-refractivity contribution is 6.32. The number of piperazine rings is 1. The fourth-order valence-corrected chi connectivity index (χ4v) is 3.67. The largest absolute Gasteiger partial charge is 0.482 e. The Labute approximate surface area is 182 Å². The number of nitrogens with zero attached hydrogens (tertiary/aromatic N) is 2. The number of carbonyl (C=O) groups is 2. The lowest BCUT2D eigenvalue weighted by atomic mass is 10.1. The molecule has 0 saturated carbocycles. The fourth-order valence-electron chi connectivity index (χ4n) is 3.50. The second kappa shape index (κ2) is 9.96. The van der Waals surface area contributed by atoms with Gasteiger partial charge in [-0.3, -0.25) is 14.5 Å². The van der Waals surface area contributed by atoms with Gasteiger partial charge in [-0.25, -0.2) is 0 Å². The molecule has 0 radical (unpaired) electrons. The van der Waals surface area contributed by atoms with Crippen molar-refractivity contribution in [2.75, 3.05) is 44.6 Å². The third-order valence-electron chi connectivity index (χ3n) is 5.28. The summed E-state index contributed by atoms with van der Waals surface area (Å²) in [6.45, 7) is 8.62. The normalized spacial score (nSPS) is 14.5. The Morgan fingerprint density at radius 1 is 1.03 bits per heavy atom. The third kappa shape index (κ3) is 5.74. The molecule has 0 unspecified atom stereocenters. The number of hydrogen-bond donors (Lipinski definition) is 1. The van der Waals surface area contributed by atoms with E-state index in [4.69, 9.17) is 16.3 Å². The van der Waals surface area contributed by atoms with Crippen LogP contribution in [0.2, 0.25) is 5.02 Å². The van der Waals surface area contributed by atoms with Gasteiger partial charge < -0.3 is 15.0 Å². The van der Waals surface area contributed by atoms with Gasteiger partial charge in [-0.15, -0.1) is 0 Å². The van der Waals surface area contributed by atoms with Gasteiger partial charge >= 0.3 is 0 Å². The van der Waals surface area contributed by atoms with Crippen molar-refractivity contribution in [2.24, 2.45) is 0 Å². The molecule has 6 nitrogen and oxygen atoms in total. The topological polar surface area (TPSA) is 61.9 Å². The molecule has 1 saturated heterocycles. The first-order valence-corrected chi connectivity index (χ1v) is 10.5. The van der Waals surface area contributed by atoms with E-state index in [-0.39, 0.29) is 18.4 Å². The van der Waals surface area contributed by atoms with Crippen LogP contribution < -0.4 is 10.1 Å². The number of rotatable bonds is 6.